The number of amides is 1. The Morgan fingerprint density at radius 3 is 2.65 bits per heavy atom. The molecule has 0 bridgehead atoms. The van der Waals surface area contributed by atoms with Gasteiger partial charge >= 0.3 is 0 Å². The zero-order valence-electron chi connectivity index (χ0n) is 13.6. The number of halogens is 1. The third-order valence-corrected chi connectivity index (χ3v) is 6.08. The summed E-state index contributed by atoms with van der Waals surface area (Å²) in [7, 11) is -3.86. The average Bonchev–Trinajstić information content (AvgIpc) is 3.10. The van der Waals surface area contributed by atoms with Gasteiger partial charge in [0.05, 0.1) is 30.2 Å². The summed E-state index contributed by atoms with van der Waals surface area (Å²) in [4.78, 5) is 20.6. The van der Waals surface area contributed by atoms with Gasteiger partial charge in [-0.3, -0.25) is 10.2 Å². The number of nitrogens with zero attached hydrogens (tertiary/aromatic N) is 2. The predicted molar refractivity (Wildman–Crippen MR) is 98.8 cm³/mol. The van der Waals surface area contributed by atoms with E-state index in [4.69, 9.17) is 16.3 Å². The predicted octanol–water partition coefficient (Wildman–Crippen LogP) is 1.19. The Bertz CT molecular complexity index is 864. The topological polar surface area (TPSA) is 101 Å². The summed E-state index contributed by atoms with van der Waals surface area (Å²) in [6.45, 7) is 2.84. The highest BCUT2D eigenvalue weighted by atomic mass is 35.5. The fourth-order valence-corrected chi connectivity index (χ4v) is 4.15. The monoisotopic (exact) mass is 416 g/mol. The van der Waals surface area contributed by atoms with Crippen molar-refractivity contribution >= 4 is 44.0 Å². The standard InChI is InChI=1S/C15H17ClN4O4S2/c16-11-1-3-13(4-2-11)26(22,23)19-18-14(21)9-12-10-25-15(17-12)20-5-7-24-8-6-20/h1-4,10,19H,5-9H2,(H,18,21). The van der Waals surface area contributed by atoms with Crippen LogP contribution in [-0.4, -0.2) is 45.6 Å². The molecule has 11 heteroatoms. The smallest absolute Gasteiger partial charge is 0.257 e. The van der Waals surface area contributed by atoms with Gasteiger partial charge < -0.3 is 9.64 Å². The quantitative estimate of drug-likeness (QED) is 0.686. The van der Waals surface area contributed by atoms with Crippen LogP contribution in [-0.2, 0) is 26.0 Å². The molecule has 2 heterocycles. The summed E-state index contributed by atoms with van der Waals surface area (Å²) in [5, 5.41) is 3.04. The zero-order valence-corrected chi connectivity index (χ0v) is 16.0. The van der Waals surface area contributed by atoms with Crippen LogP contribution in [0.25, 0.3) is 0 Å². The van der Waals surface area contributed by atoms with Crippen molar-refractivity contribution in [3.05, 3.63) is 40.4 Å². The first kappa shape index (κ1) is 19.1. The van der Waals surface area contributed by atoms with Crippen LogP contribution in [0.2, 0.25) is 5.02 Å². The van der Waals surface area contributed by atoms with Crippen LogP contribution >= 0.6 is 22.9 Å². The van der Waals surface area contributed by atoms with Crippen LogP contribution < -0.4 is 15.2 Å². The van der Waals surface area contributed by atoms with Crippen molar-refractivity contribution in [2.75, 3.05) is 31.2 Å². The fraction of sp³-hybridized carbons (Fsp3) is 0.333. The maximum Gasteiger partial charge on any atom is 0.257 e. The lowest BCUT2D eigenvalue weighted by molar-refractivity contribution is -0.120. The van der Waals surface area contributed by atoms with Crippen LogP contribution in [0.1, 0.15) is 5.69 Å². The van der Waals surface area contributed by atoms with Gasteiger partial charge in [-0.1, -0.05) is 11.6 Å². The molecule has 0 spiro atoms. The molecule has 2 aromatic rings. The van der Waals surface area contributed by atoms with Gasteiger partial charge in [0.15, 0.2) is 5.13 Å². The van der Waals surface area contributed by atoms with E-state index in [2.05, 4.69) is 20.1 Å². The molecule has 0 unspecified atom stereocenters. The van der Waals surface area contributed by atoms with Crippen LogP contribution in [0.4, 0.5) is 5.13 Å². The van der Waals surface area contributed by atoms with Crippen molar-refractivity contribution in [1.82, 2.24) is 15.2 Å². The second kappa shape index (κ2) is 8.31. The van der Waals surface area contributed by atoms with Crippen molar-refractivity contribution in [2.24, 2.45) is 0 Å². The molecule has 0 aliphatic carbocycles. The number of anilines is 1. The van der Waals surface area contributed by atoms with E-state index in [0.29, 0.717) is 23.9 Å². The van der Waals surface area contributed by atoms with Crippen molar-refractivity contribution in [3.63, 3.8) is 0 Å². The molecule has 1 amide bonds. The molecule has 0 radical (unpaired) electrons. The lowest BCUT2D eigenvalue weighted by Gasteiger charge is -2.26. The number of sulfonamides is 1. The summed E-state index contributed by atoms with van der Waals surface area (Å²) >= 11 is 7.18. The van der Waals surface area contributed by atoms with Gasteiger partial charge in [-0.2, -0.15) is 0 Å². The summed E-state index contributed by atoms with van der Waals surface area (Å²) < 4.78 is 29.5. The first-order chi connectivity index (χ1) is 12.4. The van der Waals surface area contributed by atoms with Gasteiger partial charge in [0, 0.05) is 23.5 Å². The van der Waals surface area contributed by atoms with E-state index in [9.17, 15) is 13.2 Å². The van der Waals surface area contributed by atoms with Gasteiger partial charge in [-0.25, -0.2) is 13.4 Å². The molecule has 1 saturated heterocycles. The molecule has 1 aromatic heterocycles. The number of morpholine rings is 1. The molecular formula is C15H17ClN4O4S2. The van der Waals surface area contributed by atoms with Crippen molar-refractivity contribution in [2.45, 2.75) is 11.3 Å². The second-order valence-electron chi connectivity index (χ2n) is 5.51. The molecule has 8 nitrogen and oxygen atoms in total. The van der Waals surface area contributed by atoms with Crippen LogP contribution in [0.5, 0.6) is 0 Å². The molecule has 3 rings (SSSR count). The minimum Gasteiger partial charge on any atom is -0.378 e. The summed E-state index contributed by atoms with van der Waals surface area (Å²) in [5.41, 5.74) is 2.78. The lowest BCUT2D eigenvalue weighted by atomic mass is 10.3. The lowest BCUT2D eigenvalue weighted by Crippen LogP contribution is -2.42. The number of thiazole rings is 1. The third kappa shape index (κ3) is 4.92. The number of aromatic nitrogens is 1. The normalized spacial score (nSPS) is 15.0. The maximum atomic E-state index is 12.1. The van der Waals surface area contributed by atoms with Crippen LogP contribution in [0, 0.1) is 0 Å². The van der Waals surface area contributed by atoms with Gasteiger partial charge in [0.25, 0.3) is 10.0 Å². The van der Waals surface area contributed by atoms with E-state index < -0.39 is 15.9 Å². The molecule has 1 aliphatic heterocycles. The van der Waals surface area contributed by atoms with Gasteiger partial charge in [0.1, 0.15) is 0 Å². The van der Waals surface area contributed by atoms with Gasteiger partial charge in [0.2, 0.25) is 5.91 Å². The molecule has 1 aliphatic rings. The van der Waals surface area contributed by atoms with E-state index in [-0.39, 0.29) is 11.3 Å². The number of hydrazine groups is 1. The minimum atomic E-state index is -3.86. The highest BCUT2D eigenvalue weighted by molar-refractivity contribution is 7.89. The number of ether oxygens (including phenoxy) is 1. The number of benzene rings is 1. The van der Waals surface area contributed by atoms with Crippen LogP contribution in [0.3, 0.4) is 0 Å². The summed E-state index contributed by atoms with van der Waals surface area (Å²) in [6, 6.07) is 5.62. The largest absolute Gasteiger partial charge is 0.378 e. The van der Waals surface area contributed by atoms with E-state index in [0.717, 1.165) is 18.2 Å². The summed E-state index contributed by atoms with van der Waals surface area (Å²) in [5.74, 6) is -0.499. The molecule has 0 saturated carbocycles. The highest BCUT2D eigenvalue weighted by Gasteiger charge is 2.18. The second-order valence-corrected chi connectivity index (χ2v) is 8.46. The molecule has 140 valence electrons. The molecule has 1 aromatic carbocycles. The van der Waals surface area contributed by atoms with Gasteiger partial charge in [-0.15, -0.1) is 16.2 Å². The summed E-state index contributed by atoms with van der Waals surface area (Å²) in [6.07, 6.45) is -0.0238. The number of hydrogen-bond donors (Lipinski definition) is 2. The molecule has 1 fully saturated rings. The highest BCUT2D eigenvalue weighted by Crippen LogP contribution is 2.21. The Morgan fingerprint density at radius 2 is 1.96 bits per heavy atom. The Balaban J connectivity index is 1.54. The fourth-order valence-electron chi connectivity index (χ4n) is 2.28. The average molecular weight is 417 g/mol. The molecule has 2 N–H and O–H groups in total. The number of nitrogens with one attached hydrogen (secondary N) is 2. The van der Waals surface area contributed by atoms with E-state index >= 15 is 0 Å². The first-order valence-corrected chi connectivity index (χ1v) is 10.5. The minimum absolute atomic E-state index is 0.00506. The van der Waals surface area contributed by atoms with Crippen molar-refractivity contribution in [1.29, 1.82) is 0 Å². The maximum absolute atomic E-state index is 12.1. The third-order valence-electron chi connectivity index (χ3n) is 3.61. The molecule has 26 heavy (non-hydrogen) atoms. The Kier molecular flexibility index (Phi) is 6.09. The molecular weight excluding hydrogens is 400 g/mol. The Morgan fingerprint density at radius 1 is 1.27 bits per heavy atom. The van der Waals surface area contributed by atoms with E-state index in [1.165, 1.54) is 35.6 Å². The van der Waals surface area contributed by atoms with E-state index in [1.807, 2.05) is 0 Å². The van der Waals surface area contributed by atoms with Gasteiger partial charge in [-0.05, 0) is 24.3 Å². The number of hydrogen-bond acceptors (Lipinski definition) is 7. The number of carbonyl (C=O) groups excluding carboxylic acids is 1. The Labute approximate surface area is 160 Å². The number of carbonyl (C=O) groups is 1. The van der Waals surface area contributed by atoms with E-state index in [1.54, 1.807) is 5.38 Å². The Hall–Kier alpha value is -1.72. The SMILES string of the molecule is O=C(Cc1csc(N2CCOCC2)n1)NNS(=O)(=O)c1ccc(Cl)cc1. The number of rotatable bonds is 6. The van der Waals surface area contributed by atoms with Crippen molar-refractivity contribution in [3.8, 4) is 0 Å². The molecule has 0 atom stereocenters. The van der Waals surface area contributed by atoms with Crippen molar-refractivity contribution < 1.29 is 17.9 Å². The van der Waals surface area contributed by atoms with Crippen LogP contribution in [0.15, 0.2) is 34.5 Å². The first-order valence-electron chi connectivity index (χ1n) is 7.77. The zero-order chi connectivity index (χ0) is 18.6.